The van der Waals surface area contributed by atoms with Crippen molar-refractivity contribution in [1.29, 1.82) is 0 Å². The molecule has 0 bridgehead atoms. The number of aliphatic hydroxyl groups excluding tert-OH is 1. The van der Waals surface area contributed by atoms with E-state index in [1.165, 1.54) is 0 Å². The molecule has 0 amide bonds. The second-order valence-corrected chi connectivity index (χ2v) is 2.72. The molecule has 0 atom stereocenters. The average Bonchev–Trinajstić information content (AvgIpc) is 2.18. The van der Waals surface area contributed by atoms with Crippen molar-refractivity contribution in [3.05, 3.63) is 23.8 Å². The number of aryl methyl sites for hydroxylation is 1. The summed E-state index contributed by atoms with van der Waals surface area (Å²) in [7, 11) is 1.66. The Bertz CT molecular complexity index is 274. The van der Waals surface area contributed by atoms with Gasteiger partial charge in [-0.3, -0.25) is 0 Å². The van der Waals surface area contributed by atoms with Crippen molar-refractivity contribution < 1.29 is 9.84 Å². The lowest BCUT2D eigenvalue weighted by Gasteiger charge is -2.09. The number of methoxy groups -OCH3 is 1. The van der Waals surface area contributed by atoms with Crippen molar-refractivity contribution in [1.82, 2.24) is 0 Å². The van der Waals surface area contributed by atoms with Gasteiger partial charge in [-0.2, -0.15) is 0 Å². The maximum Gasteiger partial charge on any atom is 0.122 e. The van der Waals surface area contributed by atoms with E-state index in [1.54, 1.807) is 7.11 Å². The van der Waals surface area contributed by atoms with Gasteiger partial charge < -0.3 is 15.2 Å². The highest BCUT2D eigenvalue weighted by atomic mass is 16.5. The number of benzene rings is 1. The van der Waals surface area contributed by atoms with Crippen molar-refractivity contribution in [3.63, 3.8) is 0 Å². The van der Waals surface area contributed by atoms with E-state index in [-0.39, 0.29) is 6.73 Å². The van der Waals surface area contributed by atoms with E-state index in [9.17, 15) is 0 Å². The summed E-state index contributed by atoms with van der Waals surface area (Å²) >= 11 is 0. The zero-order chi connectivity index (χ0) is 9.68. The van der Waals surface area contributed by atoms with Crippen LogP contribution in [0.25, 0.3) is 0 Å². The lowest BCUT2D eigenvalue weighted by atomic mass is 10.1. The Labute approximate surface area is 78.3 Å². The minimum atomic E-state index is -0.0461. The fourth-order valence-electron chi connectivity index (χ4n) is 1.26. The number of aliphatic hydroxyl groups is 1. The molecule has 0 unspecified atom stereocenters. The van der Waals surface area contributed by atoms with Gasteiger partial charge in [0.25, 0.3) is 0 Å². The maximum absolute atomic E-state index is 8.67. The van der Waals surface area contributed by atoms with Gasteiger partial charge in [-0.15, -0.1) is 0 Å². The van der Waals surface area contributed by atoms with Crippen molar-refractivity contribution in [2.75, 3.05) is 19.2 Å². The largest absolute Gasteiger partial charge is 0.496 e. The monoisotopic (exact) mass is 181 g/mol. The van der Waals surface area contributed by atoms with Crippen LogP contribution in [0.2, 0.25) is 0 Å². The molecule has 72 valence electrons. The molecule has 0 aromatic heterocycles. The first kappa shape index (κ1) is 9.86. The van der Waals surface area contributed by atoms with Crippen molar-refractivity contribution in [2.24, 2.45) is 0 Å². The summed E-state index contributed by atoms with van der Waals surface area (Å²) in [5.74, 6) is 0.894. The third-order valence-corrected chi connectivity index (χ3v) is 1.94. The third-order valence-electron chi connectivity index (χ3n) is 1.94. The molecule has 0 spiro atoms. The smallest absolute Gasteiger partial charge is 0.122 e. The van der Waals surface area contributed by atoms with Gasteiger partial charge in [0, 0.05) is 5.69 Å². The highest BCUT2D eigenvalue weighted by Crippen LogP contribution is 2.22. The van der Waals surface area contributed by atoms with E-state index in [1.807, 2.05) is 18.2 Å². The second-order valence-electron chi connectivity index (χ2n) is 2.72. The van der Waals surface area contributed by atoms with Crippen LogP contribution < -0.4 is 10.1 Å². The summed E-state index contributed by atoms with van der Waals surface area (Å²) in [4.78, 5) is 0. The number of hydrogen-bond acceptors (Lipinski definition) is 3. The molecule has 3 nitrogen and oxygen atoms in total. The first-order valence-electron chi connectivity index (χ1n) is 4.33. The Morgan fingerprint density at radius 2 is 2.23 bits per heavy atom. The highest BCUT2D eigenvalue weighted by Gasteiger charge is 2.01. The minimum absolute atomic E-state index is 0.0461. The van der Waals surface area contributed by atoms with Crippen LogP contribution in [0.4, 0.5) is 5.69 Å². The molecule has 0 saturated carbocycles. The molecule has 1 rings (SSSR count). The van der Waals surface area contributed by atoms with E-state index >= 15 is 0 Å². The SMILES string of the molecule is CCc1cc(NCO)ccc1OC. The Balaban J connectivity index is 2.91. The average molecular weight is 181 g/mol. The molecule has 2 N–H and O–H groups in total. The predicted molar refractivity (Wildman–Crippen MR) is 53.1 cm³/mol. The van der Waals surface area contributed by atoms with E-state index in [0.29, 0.717) is 0 Å². The lowest BCUT2D eigenvalue weighted by Crippen LogP contribution is -2.00. The Morgan fingerprint density at radius 1 is 1.46 bits per heavy atom. The first-order valence-corrected chi connectivity index (χ1v) is 4.33. The zero-order valence-corrected chi connectivity index (χ0v) is 8.00. The Hall–Kier alpha value is -1.22. The van der Waals surface area contributed by atoms with Crippen LogP contribution in [0.3, 0.4) is 0 Å². The van der Waals surface area contributed by atoms with E-state index in [0.717, 1.165) is 23.4 Å². The molecule has 1 aromatic rings. The second kappa shape index (κ2) is 4.72. The van der Waals surface area contributed by atoms with E-state index < -0.39 is 0 Å². The molecule has 0 aliphatic heterocycles. The van der Waals surface area contributed by atoms with E-state index in [4.69, 9.17) is 9.84 Å². The third kappa shape index (κ3) is 2.36. The van der Waals surface area contributed by atoms with Gasteiger partial charge in [-0.25, -0.2) is 0 Å². The normalized spacial score (nSPS) is 9.77. The summed E-state index contributed by atoms with van der Waals surface area (Å²) in [6.07, 6.45) is 0.921. The molecule has 0 saturated heterocycles. The van der Waals surface area contributed by atoms with Gasteiger partial charge in [0.2, 0.25) is 0 Å². The van der Waals surface area contributed by atoms with Gasteiger partial charge in [-0.05, 0) is 30.2 Å². The van der Waals surface area contributed by atoms with Gasteiger partial charge in [0.05, 0.1) is 7.11 Å². The molecular weight excluding hydrogens is 166 g/mol. The molecular formula is C10H15NO2. The summed E-state index contributed by atoms with van der Waals surface area (Å²) in [6.45, 7) is 2.02. The molecule has 0 aliphatic rings. The van der Waals surface area contributed by atoms with Crippen molar-refractivity contribution in [3.8, 4) is 5.75 Å². The first-order chi connectivity index (χ1) is 6.31. The zero-order valence-electron chi connectivity index (χ0n) is 8.00. The molecule has 13 heavy (non-hydrogen) atoms. The molecule has 1 aromatic carbocycles. The molecule has 0 aliphatic carbocycles. The fourth-order valence-corrected chi connectivity index (χ4v) is 1.26. The fraction of sp³-hybridized carbons (Fsp3) is 0.400. The van der Waals surface area contributed by atoms with Crippen LogP contribution in [0.1, 0.15) is 12.5 Å². The number of hydrogen-bond donors (Lipinski definition) is 2. The standard InChI is InChI=1S/C10H15NO2/c1-3-8-6-9(11-7-12)4-5-10(8)13-2/h4-6,11-12H,3,7H2,1-2H3. The topological polar surface area (TPSA) is 41.5 Å². The lowest BCUT2D eigenvalue weighted by molar-refractivity contribution is 0.325. The highest BCUT2D eigenvalue weighted by molar-refractivity contribution is 5.50. The van der Waals surface area contributed by atoms with Crippen LogP contribution in [-0.4, -0.2) is 18.9 Å². The van der Waals surface area contributed by atoms with Gasteiger partial charge in [-0.1, -0.05) is 6.92 Å². The van der Waals surface area contributed by atoms with Crippen LogP contribution in [0, 0.1) is 0 Å². The number of ether oxygens (including phenoxy) is 1. The minimum Gasteiger partial charge on any atom is -0.496 e. The summed E-state index contributed by atoms with van der Waals surface area (Å²) < 4.78 is 5.18. The van der Waals surface area contributed by atoms with Gasteiger partial charge in [0.15, 0.2) is 0 Å². The van der Waals surface area contributed by atoms with Crippen molar-refractivity contribution in [2.45, 2.75) is 13.3 Å². The molecule has 0 radical (unpaired) electrons. The van der Waals surface area contributed by atoms with Crippen LogP contribution >= 0.6 is 0 Å². The van der Waals surface area contributed by atoms with Crippen LogP contribution in [0.5, 0.6) is 5.75 Å². The predicted octanol–water partition coefficient (Wildman–Crippen LogP) is 1.62. The van der Waals surface area contributed by atoms with E-state index in [2.05, 4.69) is 12.2 Å². The van der Waals surface area contributed by atoms with Crippen molar-refractivity contribution >= 4 is 5.69 Å². The number of nitrogens with one attached hydrogen (secondary N) is 1. The molecule has 0 heterocycles. The van der Waals surface area contributed by atoms with Crippen LogP contribution in [-0.2, 0) is 6.42 Å². The quantitative estimate of drug-likeness (QED) is 0.693. The van der Waals surface area contributed by atoms with Gasteiger partial charge >= 0.3 is 0 Å². The number of anilines is 1. The summed E-state index contributed by atoms with van der Waals surface area (Å²) in [5.41, 5.74) is 2.06. The summed E-state index contributed by atoms with van der Waals surface area (Å²) in [5, 5.41) is 11.5. The van der Waals surface area contributed by atoms with Crippen LogP contribution in [0.15, 0.2) is 18.2 Å². The summed E-state index contributed by atoms with van der Waals surface area (Å²) in [6, 6.07) is 5.76. The maximum atomic E-state index is 8.67. The Kier molecular flexibility index (Phi) is 3.58. The molecule has 3 heteroatoms. The van der Waals surface area contributed by atoms with Gasteiger partial charge in [0.1, 0.15) is 12.5 Å². The number of rotatable bonds is 4. The molecule has 0 fully saturated rings. The Morgan fingerprint density at radius 3 is 2.77 bits per heavy atom.